The second kappa shape index (κ2) is 6.63. The molecule has 0 radical (unpaired) electrons. The normalized spacial score (nSPS) is 16.9. The van der Waals surface area contributed by atoms with Gasteiger partial charge in [0.2, 0.25) is 0 Å². The van der Waals surface area contributed by atoms with Crippen LogP contribution >= 0.6 is 0 Å². The number of aldehydes is 1. The summed E-state index contributed by atoms with van der Waals surface area (Å²) in [6.45, 7) is 6.12. The Morgan fingerprint density at radius 3 is 2.68 bits per heavy atom. The smallest absolute Gasteiger partial charge is 0.153 e. The fraction of sp³-hybridized carbons (Fsp3) is 0.571. The molecule has 5 nitrogen and oxygen atoms in total. The summed E-state index contributed by atoms with van der Waals surface area (Å²) >= 11 is 0. The van der Waals surface area contributed by atoms with Crippen molar-refractivity contribution in [3.63, 3.8) is 0 Å². The van der Waals surface area contributed by atoms with Gasteiger partial charge in [0.15, 0.2) is 6.29 Å². The van der Waals surface area contributed by atoms with Crippen LogP contribution in [-0.4, -0.2) is 74.4 Å². The van der Waals surface area contributed by atoms with Crippen molar-refractivity contribution in [2.24, 2.45) is 0 Å². The number of carbonyl (C=O) groups excluding carboxylic acids is 1. The SMILES string of the molecule is CN(C)CCN1CCN(c2ncccc2C=O)CC1. The molecule has 0 unspecified atom stereocenters. The minimum Gasteiger partial charge on any atom is -0.353 e. The Morgan fingerprint density at radius 2 is 2.05 bits per heavy atom. The Balaban J connectivity index is 1.91. The van der Waals surface area contributed by atoms with E-state index in [0.717, 1.165) is 51.4 Å². The summed E-state index contributed by atoms with van der Waals surface area (Å²) in [7, 11) is 4.20. The largest absolute Gasteiger partial charge is 0.353 e. The number of piperazine rings is 1. The van der Waals surface area contributed by atoms with E-state index in [0.29, 0.717) is 5.56 Å². The molecular weight excluding hydrogens is 240 g/mol. The van der Waals surface area contributed by atoms with Crippen molar-refractivity contribution in [3.05, 3.63) is 23.9 Å². The van der Waals surface area contributed by atoms with Gasteiger partial charge in [-0.25, -0.2) is 4.98 Å². The lowest BCUT2D eigenvalue weighted by Crippen LogP contribution is -2.48. The molecule has 5 heteroatoms. The second-order valence-electron chi connectivity index (χ2n) is 5.17. The van der Waals surface area contributed by atoms with Crippen molar-refractivity contribution in [1.82, 2.24) is 14.8 Å². The Bertz CT molecular complexity index is 414. The zero-order valence-corrected chi connectivity index (χ0v) is 11.7. The summed E-state index contributed by atoms with van der Waals surface area (Å²) in [5.74, 6) is 0.824. The minimum atomic E-state index is 0.684. The van der Waals surface area contributed by atoms with Crippen LogP contribution < -0.4 is 4.90 Å². The maximum absolute atomic E-state index is 11.0. The molecule has 1 fully saturated rings. The van der Waals surface area contributed by atoms with Crippen molar-refractivity contribution < 1.29 is 4.79 Å². The molecule has 1 aliphatic heterocycles. The lowest BCUT2D eigenvalue weighted by Gasteiger charge is -2.36. The van der Waals surface area contributed by atoms with E-state index in [2.05, 4.69) is 33.8 Å². The summed E-state index contributed by atoms with van der Waals surface area (Å²) in [6.07, 6.45) is 2.64. The predicted octanol–water partition coefficient (Wildman–Crippen LogP) is 0.578. The number of hydrogen-bond donors (Lipinski definition) is 0. The summed E-state index contributed by atoms with van der Waals surface area (Å²) in [6, 6.07) is 3.63. The monoisotopic (exact) mass is 262 g/mol. The summed E-state index contributed by atoms with van der Waals surface area (Å²) in [5.41, 5.74) is 0.684. The van der Waals surface area contributed by atoms with E-state index < -0.39 is 0 Å². The molecule has 1 saturated heterocycles. The molecule has 0 N–H and O–H groups in total. The van der Waals surface area contributed by atoms with E-state index in [-0.39, 0.29) is 0 Å². The van der Waals surface area contributed by atoms with Crippen LogP contribution in [0.25, 0.3) is 0 Å². The number of likely N-dealkylation sites (N-methyl/N-ethyl adjacent to an activating group) is 1. The van der Waals surface area contributed by atoms with Gasteiger partial charge in [0.1, 0.15) is 5.82 Å². The lowest BCUT2D eigenvalue weighted by molar-refractivity contribution is 0.112. The number of nitrogens with zero attached hydrogens (tertiary/aromatic N) is 4. The van der Waals surface area contributed by atoms with Gasteiger partial charge in [-0.3, -0.25) is 9.69 Å². The predicted molar refractivity (Wildman–Crippen MR) is 76.8 cm³/mol. The molecule has 1 aliphatic rings. The van der Waals surface area contributed by atoms with Crippen molar-refractivity contribution >= 4 is 12.1 Å². The Hall–Kier alpha value is -1.46. The van der Waals surface area contributed by atoms with E-state index in [4.69, 9.17) is 0 Å². The molecule has 104 valence electrons. The van der Waals surface area contributed by atoms with Gasteiger partial charge in [-0.15, -0.1) is 0 Å². The number of hydrogen-bond acceptors (Lipinski definition) is 5. The molecule has 19 heavy (non-hydrogen) atoms. The van der Waals surface area contributed by atoms with Crippen LogP contribution in [0.15, 0.2) is 18.3 Å². The highest BCUT2D eigenvalue weighted by molar-refractivity contribution is 5.82. The number of rotatable bonds is 5. The van der Waals surface area contributed by atoms with Crippen LogP contribution in [0.2, 0.25) is 0 Å². The van der Waals surface area contributed by atoms with Crippen LogP contribution in [0.4, 0.5) is 5.82 Å². The first kappa shape index (κ1) is 14.0. The third-order valence-corrected chi connectivity index (χ3v) is 3.48. The quantitative estimate of drug-likeness (QED) is 0.726. The van der Waals surface area contributed by atoms with E-state index in [1.54, 1.807) is 12.3 Å². The number of pyridine rings is 1. The summed E-state index contributed by atoms with van der Waals surface area (Å²) in [5, 5.41) is 0. The summed E-state index contributed by atoms with van der Waals surface area (Å²) < 4.78 is 0. The van der Waals surface area contributed by atoms with Gasteiger partial charge in [0.25, 0.3) is 0 Å². The maximum atomic E-state index is 11.0. The second-order valence-corrected chi connectivity index (χ2v) is 5.17. The van der Waals surface area contributed by atoms with Crippen LogP contribution in [-0.2, 0) is 0 Å². The van der Waals surface area contributed by atoms with E-state index in [1.807, 2.05) is 6.07 Å². The van der Waals surface area contributed by atoms with Gasteiger partial charge in [0, 0.05) is 45.5 Å². The highest BCUT2D eigenvalue weighted by atomic mass is 16.1. The third-order valence-electron chi connectivity index (χ3n) is 3.48. The van der Waals surface area contributed by atoms with Crippen molar-refractivity contribution in [2.75, 3.05) is 58.3 Å². The van der Waals surface area contributed by atoms with Gasteiger partial charge in [0.05, 0.1) is 5.56 Å². The molecule has 0 bridgehead atoms. The Morgan fingerprint density at radius 1 is 1.32 bits per heavy atom. The Kier molecular flexibility index (Phi) is 4.87. The topological polar surface area (TPSA) is 39.7 Å². The zero-order valence-electron chi connectivity index (χ0n) is 11.7. The van der Waals surface area contributed by atoms with Gasteiger partial charge in [-0.2, -0.15) is 0 Å². The molecular formula is C14H22N4O. The van der Waals surface area contributed by atoms with Gasteiger partial charge >= 0.3 is 0 Å². The molecule has 2 heterocycles. The Labute approximate surface area is 114 Å². The molecule has 2 rings (SSSR count). The van der Waals surface area contributed by atoms with Crippen molar-refractivity contribution in [3.8, 4) is 0 Å². The maximum Gasteiger partial charge on any atom is 0.153 e. The van der Waals surface area contributed by atoms with E-state index in [9.17, 15) is 4.79 Å². The fourth-order valence-corrected chi connectivity index (χ4v) is 2.29. The minimum absolute atomic E-state index is 0.684. The molecule has 0 aromatic carbocycles. The van der Waals surface area contributed by atoms with E-state index in [1.165, 1.54) is 0 Å². The fourth-order valence-electron chi connectivity index (χ4n) is 2.29. The molecule has 0 saturated carbocycles. The number of aromatic nitrogens is 1. The lowest BCUT2D eigenvalue weighted by atomic mass is 10.2. The number of anilines is 1. The average molecular weight is 262 g/mol. The van der Waals surface area contributed by atoms with Crippen LogP contribution in [0, 0.1) is 0 Å². The molecule has 0 spiro atoms. The first-order valence-electron chi connectivity index (χ1n) is 6.73. The highest BCUT2D eigenvalue weighted by Crippen LogP contribution is 2.17. The van der Waals surface area contributed by atoms with Crippen molar-refractivity contribution in [2.45, 2.75) is 0 Å². The first-order valence-corrected chi connectivity index (χ1v) is 6.73. The first-order chi connectivity index (χ1) is 9.20. The molecule has 1 aromatic rings. The molecule has 0 aliphatic carbocycles. The van der Waals surface area contributed by atoms with Crippen LogP contribution in [0.3, 0.4) is 0 Å². The third kappa shape index (κ3) is 3.75. The average Bonchev–Trinajstić information content (AvgIpc) is 2.45. The molecule has 1 aromatic heterocycles. The number of carbonyl (C=O) groups is 1. The zero-order chi connectivity index (χ0) is 13.7. The molecule has 0 amide bonds. The molecule has 0 atom stereocenters. The van der Waals surface area contributed by atoms with Gasteiger partial charge < -0.3 is 9.80 Å². The standard InChI is InChI=1S/C14H22N4O/c1-16(2)6-7-17-8-10-18(11-9-17)14-13(12-19)4-3-5-15-14/h3-5,12H,6-11H2,1-2H3. The van der Waals surface area contributed by atoms with Crippen LogP contribution in [0.5, 0.6) is 0 Å². The highest BCUT2D eigenvalue weighted by Gasteiger charge is 2.19. The van der Waals surface area contributed by atoms with Gasteiger partial charge in [-0.05, 0) is 26.2 Å². The van der Waals surface area contributed by atoms with Gasteiger partial charge in [-0.1, -0.05) is 0 Å². The summed E-state index contributed by atoms with van der Waals surface area (Å²) in [4.78, 5) is 22.2. The van der Waals surface area contributed by atoms with E-state index >= 15 is 0 Å². The van der Waals surface area contributed by atoms with Crippen molar-refractivity contribution in [1.29, 1.82) is 0 Å². The van der Waals surface area contributed by atoms with Crippen LogP contribution in [0.1, 0.15) is 10.4 Å².